The standard InChI is InChI=1S/C20H24N4O3/c1-2-6-18(19-9-3-4-10-21-19)20(25)23-13-11-22(12-14-23)16-7-5-8-17(15-16)24(26)27/h3-5,7-10,15,18H,2,6,11-14H2,1H3/t18-/m1/s1. The first-order valence-corrected chi connectivity index (χ1v) is 9.29. The van der Waals surface area contributed by atoms with Crippen LogP contribution in [0.5, 0.6) is 0 Å². The maximum atomic E-state index is 13.1. The summed E-state index contributed by atoms with van der Waals surface area (Å²) in [6, 6.07) is 12.3. The van der Waals surface area contributed by atoms with Crippen molar-refractivity contribution in [1.82, 2.24) is 9.88 Å². The Kier molecular flexibility index (Phi) is 6.01. The fourth-order valence-electron chi connectivity index (χ4n) is 3.48. The number of hydrogen-bond donors (Lipinski definition) is 0. The molecule has 0 bridgehead atoms. The van der Waals surface area contributed by atoms with Crippen LogP contribution >= 0.6 is 0 Å². The van der Waals surface area contributed by atoms with Gasteiger partial charge in [-0.2, -0.15) is 0 Å². The molecule has 2 heterocycles. The van der Waals surface area contributed by atoms with E-state index in [9.17, 15) is 14.9 Å². The number of nitrogens with zero attached hydrogens (tertiary/aromatic N) is 4. The highest BCUT2D eigenvalue weighted by Crippen LogP contribution is 2.25. The van der Waals surface area contributed by atoms with Gasteiger partial charge in [-0.1, -0.05) is 25.5 Å². The van der Waals surface area contributed by atoms with Crippen LogP contribution in [-0.4, -0.2) is 46.9 Å². The zero-order valence-corrected chi connectivity index (χ0v) is 15.5. The fourth-order valence-corrected chi connectivity index (χ4v) is 3.48. The zero-order chi connectivity index (χ0) is 19.2. The van der Waals surface area contributed by atoms with Gasteiger partial charge in [0.1, 0.15) is 0 Å². The number of rotatable bonds is 6. The lowest BCUT2D eigenvalue weighted by Gasteiger charge is -2.37. The molecule has 2 aromatic rings. The molecule has 0 aliphatic carbocycles. The molecule has 1 aliphatic rings. The Morgan fingerprint density at radius 3 is 2.59 bits per heavy atom. The number of hydrogen-bond acceptors (Lipinski definition) is 5. The van der Waals surface area contributed by atoms with Crippen LogP contribution < -0.4 is 4.90 Å². The van der Waals surface area contributed by atoms with Gasteiger partial charge in [0.15, 0.2) is 0 Å². The molecule has 1 saturated heterocycles. The predicted molar refractivity (Wildman–Crippen MR) is 104 cm³/mol. The summed E-state index contributed by atoms with van der Waals surface area (Å²) in [6.07, 6.45) is 3.42. The molecule has 1 aromatic carbocycles. The molecule has 142 valence electrons. The van der Waals surface area contributed by atoms with E-state index in [1.807, 2.05) is 29.2 Å². The van der Waals surface area contributed by atoms with Gasteiger partial charge < -0.3 is 9.80 Å². The number of amides is 1. The number of piperazine rings is 1. The summed E-state index contributed by atoms with van der Waals surface area (Å²) in [5.41, 5.74) is 1.74. The monoisotopic (exact) mass is 368 g/mol. The largest absolute Gasteiger partial charge is 0.368 e. The van der Waals surface area contributed by atoms with Crippen molar-refractivity contribution in [2.75, 3.05) is 31.1 Å². The average Bonchev–Trinajstić information content (AvgIpc) is 2.72. The van der Waals surface area contributed by atoms with E-state index in [1.54, 1.807) is 18.3 Å². The molecule has 0 saturated carbocycles. The Labute approximate surface area is 158 Å². The van der Waals surface area contributed by atoms with E-state index in [4.69, 9.17) is 0 Å². The van der Waals surface area contributed by atoms with E-state index >= 15 is 0 Å². The third-order valence-corrected chi connectivity index (χ3v) is 4.92. The first-order valence-electron chi connectivity index (χ1n) is 9.29. The van der Waals surface area contributed by atoms with Crippen molar-refractivity contribution in [1.29, 1.82) is 0 Å². The SMILES string of the molecule is CCC[C@@H](C(=O)N1CCN(c2cccc([N+](=O)[O-])c2)CC1)c1ccccn1. The molecule has 7 nitrogen and oxygen atoms in total. The second-order valence-electron chi connectivity index (χ2n) is 6.69. The summed E-state index contributed by atoms with van der Waals surface area (Å²) in [5.74, 6) is -0.0881. The minimum atomic E-state index is -0.383. The topological polar surface area (TPSA) is 79.6 Å². The molecule has 3 rings (SSSR count). The number of nitro benzene ring substituents is 1. The first kappa shape index (κ1) is 18.8. The second kappa shape index (κ2) is 8.62. The molecule has 1 atom stereocenters. The fraction of sp³-hybridized carbons (Fsp3) is 0.400. The molecule has 1 aliphatic heterocycles. The van der Waals surface area contributed by atoms with Crippen LogP contribution in [0.1, 0.15) is 31.4 Å². The van der Waals surface area contributed by atoms with E-state index in [0.29, 0.717) is 26.2 Å². The van der Waals surface area contributed by atoms with Crippen molar-refractivity contribution in [3.8, 4) is 0 Å². The van der Waals surface area contributed by atoms with Crippen LogP contribution in [0.3, 0.4) is 0 Å². The summed E-state index contributed by atoms with van der Waals surface area (Å²) in [7, 11) is 0. The number of aromatic nitrogens is 1. The molecular weight excluding hydrogens is 344 g/mol. The molecule has 0 radical (unpaired) electrons. The van der Waals surface area contributed by atoms with Crippen LogP contribution in [0.2, 0.25) is 0 Å². The van der Waals surface area contributed by atoms with Crippen molar-refractivity contribution in [2.24, 2.45) is 0 Å². The molecular formula is C20H24N4O3. The van der Waals surface area contributed by atoms with E-state index in [0.717, 1.165) is 24.2 Å². The lowest BCUT2D eigenvalue weighted by atomic mass is 9.97. The van der Waals surface area contributed by atoms with Gasteiger partial charge in [-0.15, -0.1) is 0 Å². The van der Waals surface area contributed by atoms with Crippen LogP contribution in [0, 0.1) is 10.1 Å². The maximum absolute atomic E-state index is 13.1. The Morgan fingerprint density at radius 1 is 1.19 bits per heavy atom. The Bertz CT molecular complexity index is 789. The molecule has 1 amide bonds. The van der Waals surface area contributed by atoms with Crippen molar-refractivity contribution < 1.29 is 9.72 Å². The summed E-state index contributed by atoms with van der Waals surface area (Å²) in [4.78, 5) is 32.0. The van der Waals surface area contributed by atoms with Gasteiger partial charge in [0.2, 0.25) is 5.91 Å². The van der Waals surface area contributed by atoms with Crippen LogP contribution in [-0.2, 0) is 4.79 Å². The summed E-state index contributed by atoms with van der Waals surface area (Å²) >= 11 is 0. The van der Waals surface area contributed by atoms with Gasteiger partial charge in [0, 0.05) is 50.2 Å². The summed E-state index contributed by atoms with van der Waals surface area (Å²) in [5, 5.41) is 11.0. The van der Waals surface area contributed by atoms with Crippen molar-refractivity contribution in [3.05, 3.63) is 64.5 Å². The number of carbonyl (C=O) groups is 1. The lowest BCUT2D eigenvalue weighted by molar-refractivity contribution is -0.384. The summed E-state index contributed by atoms with van der Waals surface area (Å²) < 4.78 is 0. The minimum absolute atomic E-state index is 0.0872. The molecule has 0 N–H and O–H groups in total. The van der Waals surface area contributed by atoms with Gasteiger partial charge in [0.05, 0.1) is 16.5 Å². The van der Waals surface area contributed by atoms with Crippen LogP contribution in [0.25, 0.3) is 0 Å². The highest BCUT2D eigenvalue weighted by Gasteiger charge is 2.29. The van der Waals surface area contributed by atoms with Gasteiger partial charge in [0.25, 0.3) is 5.69 Å². The molecule has 0 spiro atoms. The van der Waals surface area contributed by atoms with E-state index in [1.165, 1.54) is 6.07 Å². The average molecular weight is 368 g/mol. The van der Waals surface area contributed by atoms with Crippen molar-refractivity contribution in [2.45, 2.75) is 25.7 Å². The molecule has 1 aromatic heterocycles. The third-order valence-electron chi connectivity index (χ3n) is 4.92. The zero-order valence-electron chi connectivity index (χ0n) is 15.5. The number of anilines is 1. The number of nitro groups is 1. The normalized spacial score (nSPS) is 15.4. The third kappa shape index (κ3) is 4.42. The highest BCUT2D eigenvalue weighted by molar-refractivity contribution is 5.83. The first-order chi connectivity index (χ1) is 13.1. The predicted octanol–water partition coefficient (Wildman–Crippen LogP) is 3.22. The summed E-state index contributed by atoms with van der Waals surface area (Å²) in [6.45, 7) is 4.61. The number of benzene rings is 1. The number of pyridine rings is 1. The van der Waals surface area contributed by atoms with E-state index in [2.05, 4.69) is 16.8 Å². The lowest BCUT2D eigenvalue weighted by Crippen LogP contribution is -2.50. The van der Waals surface area contributed by atoms with E-state index < -0.39 is 0 Å². The molecule has 1 fully saturated rings. The number of non-ortho nitro benzene ring substituents is 1. The van der Waals surface area contributed by atoms with E-state index in [-0.39, 0.29) is 22.4 Å². The second-order valence-corrected chi connectivity index (χ2v) is 6.69. The van der Waals surface area contributed by atoms with Crippen LogP contribution in [0.4, 0.5) is 11.4 Å². The Hall–Kier alpha value is -2.96. The Morgan fingerprint density at radius 2 is 1.96 bits per heavy atom. The Balaban J connectivity index is 1.66. The molecule has 0 unspecified atom stereocenters. The van der Waals surface area contributed by atoms with Crippen molar-refractivity contribution >= 4 is 17.3 Å². The number of carbonyl (C=O) groups excluding carboxylic acids is 1. The van der Waals surface area contributed by atoms with Crippen LogP contribution in [0.15, 0.2) is 48.7 Å². The van der Waals surface area contributed by atoms with Gasteiger partial charge in [-0.05, 0) is 24.6 Å². The molecule has 7 heteroatoms. The maximum Gasteiger partial charge on any atom is 0.271 e. The van der Waals surface area contributed by atoms with Gasteiger partial charge in [-0.25, -0.2) is 0 Å². The quantitative estimate of drug-likeness (QED) is 0.578. The van der Waals surface area contributed by atoms with Gasteiger partial charge >= 0.3 is 0 Å². The van der Waals surface area contributed by atoms with Gasteiger partial charge in [-0.3, -0.25) is 19.9 Å². The smallest absolute Gasteiger partial charge is 0.271 e. The minimum Gasteiger partial charge on any atom is -0.368 e. The van der Waals surface area contributed by atoms with Crippen molar-refractivity contribution in [3.63, 3.8) is 0 Å². The highest BCUT2D eigenvalue weighted by atomic mass is 16.6. The molecule has 27 heavy (non-hydrogen) atoms.